The number of benzene rings is 1. The zero-order valence-electron chi connectivity index (χ0n) is 14.6. The summed E-state index contributed by atoms with van der Waals surface area (Å²) in [4.78, 5) is 18.7. The van der Waals surface area contributed by atoms with Gasteiger partial charge in [0, 0.05) is 46.3 Å². The fourth-order valence-electron chi connectivity index (χ4n) is 3.26. The first-order valence-electron chi connectivity index (χ1n) is 9.03. The van der Waals surface area contributed by atoms with Gasteiger partial charge in [-0.25, -0.2) is 0 Å². The van der Waals surface area contributed by atoms with Crippen molar-refractivity contribution in [2.24, 2.45) is 5.92 Å². The van der Waals surface area contributed by atoms with Crippen molar-refractivity contribution in [3.05, 3.63) is 35.9 Å². The van der Waals surface area contributed by atoms with Gasteiger partial charge in [-0.1, -0.05) is 30.3 Å². The lowest BCUT2D eigenvalue weighted by Gasteiger charge is -2.35. The van der Waals surface area contributed by atoms with Gasteiger partial charge in [-0.15, -0.1) is 0 Å². The van der Waals surface area contributed by atoms with E-state index < -0.39 is 6.10 Å². The lowest BCUT2D eigenvalue weighted by molar-refractivity contribution is -0.131. The van der Waals surface area contributed by atoms with Crippen LogP contribution in [-0.4, -0.2) is 78.6 Å². The first kappa shape index (κ1) is 17.4. The third-order valence-corrected chi connectivity index (χ3v) is 5.09. The van der Waals surface area contributed by atoms with E-state index in [-0.39, 0.29) is 5.91 Å². The Kier molecular flexibility index (Phi) is 5.87. The molecule has 1 unspecified atom stereocenters. The molecule has 2 aliphatic rings. The summed E-state index contributed by atoms with van der Waals surface area (Å²) >= 11 is 0. The average Bonchev–Trinajstić information content (AvgIpc) is 3.41. The molecule has 0 aromatic heterocycles. The van der Waals surface area contributed by atoms with Gasteiger partial charge in [-0.3, -0.25) is 14.6 Å². The summed E-state index contributed by atoms with van der Waals surface area (Å²) in [5.74, 6) is 0.981. The smallest absolute Gasteiger partial charge is 0.236 e. The number of rotatable bonds is 7. The fraction of sp³-hybridized carbons (Fsp3) is 0.632. The highest BCUT2D eigenvalue weighted by atomic mass is 16.3. The van der Waals surface area contributed by atoms with Crippen molar-refractivity contribution in [3.8, 4) is 0 Å². The highest BCUT2D eigenvalue weighted by Crippen LogP contribution is 2.29. The van der Waals surface area contributed by atoms with Crippen molar-refractivity contribution in [3.63, 3.8) is 0 Å². The van der Waals surface area contributed by atoms with E-state index in [1.165, 1.54) is 12.8 Å². The van der Waals surface area contributed by atoms with Crippen LogP contribution in [0.2, 0.25) is 0 Å². The third kappa shape index (κ3) is 5.03. The molecule has 0 radical (unpaired) electrons. The van der Waals surface area contributed by atoms with Gasteiger partial charge in [0.25, 0.3) is 0 Å². The highest BCUT2D eigenvalue weighted by molar-refractivity contribution is 5.78. The molecule has 0 bridgehead atoms. The molecule has 1 saturated heterocycles. The Labute approximate surface area is 144 Å². The monoisotopic (exact) mass is 331 g/mol. The SMILES string of the molecule is CN(CC1CC1)C(=O)CN1CCN(CC(O)c2ccccc2)CC1. The van der Waals surface area contributed by atoms with Crippen LogP contribution in [0, 0.1) is 5.92 Å². The molecule has 1 saturated carbocycles. The molecule has 5 heteroatoms. The van der Waals surface area contributed by atoms with E-state index in [1.807, 2.05) is 42.3 Å². The maximum atomic E-state index is 12.2. The molecule has 1 aliphatic carbocycles. The van der Waals surface area contributed by atoms with E-state index in [9.17, 15) is 9.90 Å². The second-order valence-corrected chi connectivity index (χ2v) is 7.22. The Morgan fingerprint density at radius 3 is 2.42 bits per heavy atom. The van der Waals surface area contributed by atoms with Gasteiger partial charge >= 0.3 is 0 Å². The van der Waals surface area contributed by atoms with Gasteiger partial charge in [-0.05, 0) is 24.3 Å². The summed E-state index contributed by atoms with van der Waals surface area (Å²) in [6, 6.07) is 9.82. The topological polar surface area (TPSA) is 47.0 Å². The van der Waals surface area contributed by atoms with Crippen LogP contribution >= 0.6 is 0 Å². The summed E-state index contributed by atoms with van der Waals surface area (Å²) < 4.78 is 0. The molecule has 5 nitrogen and oxygen atoms in total. The number of amides is 1. The molecule has 3 rings (SSSR count). The Morgan fingerprint density at radius 1 is 1.17 bits per heavy atom. The number of hydrogen-bond donors (Lipinski definition) is 1. The van der Waals surface area contributed by atoms with Gasteiger partial charge in [-0.2, -0.15) is 0 Å². The van der Waals surface area contributed by atoms with Gasteiger partial charge in [0.1, 0.15) is 0 Å². The molecule has 1 aliphatic heterocycles. The minimum absolute atomic E-state index is 0.236. The quantitative estimate of drug-likeness (QED) is 0.816. The molecular weight excluding hydrogens is 302 g/mol. The van der Waals surface area contributed by atoms with Crippen LogP contribution in [0.15, 0.2) is 30.3 Å². The summed E-state index contributed by atoms with van der Waals surface area (Å²) in [6.07, 6.45) is 2.11. The van der Waals surface area contributed by atoms with Crippen LogP contribution in [0.5, 0.6) is 0 Å². The van der Waals surface area contributed by atoms with Gasteiger partial charge in [0.2, 0.25) is 5.91 Å². The number of carbonyl (C=O) groups excluding carboxylic acids is 1. The standard InChI is InChI=1S/C19H29N3O2/c1-20(13-16-7-8-16)19(24)15-22-11-9-21(10-12-22)14-18(23)17-5-3-2-4-6-17/h2-6,16,18,23H,7-15H2,1H3. The molecule has 1 aromatic carbocycles. The number of aliphatic hydroxyl groups is 1. The molecular formula is C19H29N3O2. The Hall–Kier alpha value is -1.43. The van der Waals surface area contributed by atoms with Crippen molar-refractivity contribution in [2.45, 2.75) is 18.9 Å². The van der Waals surface area contributed by atoms with Crippen molar-refractivity contribution >= 4 is 5.91 Å². The Bertz CT molecular complexity index is 525. The molecule has 1 N–H and O–H groups in total. The molecule has 132 valence electrons. The number of hydrogen-bond acceptors (Lipinski definition) is 4. The first-order chi connectivity index (χ1) is 11.6. The molecule has 0 spiro atoms. The predicted octanol–water partition coefficient (Wildman–Crippen LogP) is 1.21. The number of piperazine rings is 1. The Balaban J connectivity index is 1.38. The number of aliphatic hydroxyl groups excluding tert-OH is 1. The summed E-state index contributed by atoms with van der Waals surface area (Å²) in [6.45, 7) is 5.70. The number of carbonyl (C=O) groups is 1. The van der Waals surface area contributed by atoms with Crippen LogP contribution in [0.4, 0.5) is 0 Å². The number of β-amino-alcohol motifs (C(OH)–C–C–N with tert-alkyl or cyclic N) is 1. The van der Waals surface area contributed by atoms with Crippen LogP contribution in [-0.2, 0) is 4.79 Å². The summed E-state index contributed by atoms with van der Waals surface area (Å²) in [5.41, 5.74) is 0.969. The van der Waals surface area contributed by atoms with Gasteiger partial charge in [0.05, 0.1) is 12.6 Å². The van der Waals surface area contributed by atoms with E-state index in [1.54, 1.807) is 0 Å². The zero-order valence-corrected chi connectivity index (χ0v) is 14.6. The van der Waals surface area contributed by atoms with Crippen LogP contribution in [0.1, 0.15) is 24.5 Å². The minimum atomic E-state index is -0.441. The van der Waals surface area contributed by atoms with E-state index in [4.69, 9.17) is 0 Å². The lowest BCUT2D eigenvalue weighted by atomic mass is 10.1. The van der Waals surface area contributed by atoms with Crippen LogP contribution < -0.4 is 0 Å². The van der Waals surface area contributed by atoms with Gasteiger partial charge < -0.3 is 10.0 Å². The second-order valence-electron chi connectivity index (χ2n) is 7.22. The van der Waals surface area contributed by atoms with Gasteiger partial charge in [0.15, 0.2) is 0 Å². The summed E-state index contributed by atoms with van der Waals surface area (Å²) in [7, 11) is 1.92. The first-order valence-corrected chi connectivity index (χ1v) is 9.03. The molecule has 1 heterocycles. The third-order valence-electron chi connectivity index (χ3n) is 5.09. The van der Waals surface area contributed by atoms with Crippen molar-refractivity contribution < 1.29 is 9.90 Å². The van der Waals surface area contributed by atoms with Crippen molar-refractivity contribution in [1.29, 1.82) is 0 Å². The molecule has 1 aromatic rings. The number of nitrogens with zero attached hydrogens (tertiary/aromatic N) is 3. The largest absolute Gasteiger partial charge is 0.387 e. The Morgan fingerprint density at radius 2 is 1.79 bits per heavy atom. The zero-order chi connectivity index (χ0) is 16.9. The molecule has 1 atom stereocenters. The van der Waals surface area contributed by atoms with E-state index in [0.29, 0.717) is 13.1 Å². The maximum absolute atomic E-state index is 12.2. The average molecular weight is 331 g/mol. The van der Waals surface area contributed by atoms with E-state index in [2.05, 4.69) is 9.80 Å². The molecule has 1 amide bonds. The summed E-state index contributed by atoms with van der Waals surface area (Å²) in [5, 5.41) is 10.3. The van der Waals surface area contributed by atoms with Crippen LogP contribution in [0.25, 0.3) is 0 Å². The van der Waals surface area contributed by atoms with E-state index in [0.717, 1.165) is 44.2 Å². The predicted molar refractivity (Wildman–Crippen MR) is 94.6 cm³/mol. The van der Waals surface area contributed by atoms with E-state index >= 15 is 0 Å². The minimum Gasteiger partial charge on any atom is -0.387 e. The number of likely N-dealkylation sites (N-methyl/N-ethyl adjacent to an activating group) is 1. The van der Waals surface area contributed by atoms with Crippen LogP contribution in [0.3, 0.4) is 0 Å². The maximum Gasteiger partial charge on any atom is 0.236 e. The normalized spacial score (nSPS) is 20.8. The molecule has 2 fully saturated rings. The fourth-order valence-corrected chi connectivity index (χ4v) is 3.26. The highest BCUT2D eigenvalue weighted by Gasteiger charge is 2.26. The second kappa shape index (κ2) is 8.10. The van der Waals surface area contributed by atoms with Crippen molar-refractivity contribution in [2.75, 3.05) is 52.9 Å². The lowest BCUT2D eigenvalue weighted by Crippen LogP contribution is -2.50. The van der Waals surface area contributed by atoms with Crippen molar-refractivity contribution in [1.82, 2.24) is 14.7 Å². The molecule has 24 heavy (non-hydrogen) atoms.